The highest BCUT2D eigenvalue weighted by Crippen LogP contribution is 2.22. The number of carbonyl (C=O) groups excluding carboxylic acids is 2. The largest absolute Gasteiger partial charge is 0.347 e. The molecule has 5 heteroatoms. The second-order valence-electron chi connectivity index (χ2n) is 6.94. The second-order valence-corrected chi connectivity index (χ2v) is 6.94. The third-order valence-corrected chi connectivity index (χ3v) is 4.11. The lowest BCUT2D eigenvalue weighted by Crippen LogP contribution is -2.46. The Bertz CT molecular complexity index is 555. The fraction of sp³-hybridized carbons (Fsp3) is 0.579. The standard InChI is InChI=1S/C19H31N3O2/c1-13(2)11-16-9-7-8-10-17(16)14(3)19(24)20-12-18(23)21-15(4)22(5)6/h7-10,13-15H,11-12H2,1-6H3,(H,20,24)(H,21,23). The number of hydrogen-bond acceptors (Lipinski definition) is 3. The Morgan fingerprint density at radius 3 is 2.29 bits per heavy atom. The molecule has 2 N–H and O–H groups in total. The zero-order chi connectivity index (χ0) is 18.3. The summed E-state index contributed by atoms with van der Waals surface area (Å²) in [6.07, 6.45) is 0.868. The first-order valence-electron chi connectivity index (χ1n) is 8.53. The van der Waals surface area contributed by atoms with Gasteiger partial charge in [0, 0.05) is 0 Å². The first-order valence-corrected chi connectivity index (χ1v) is 8.53. The molecule has 1 aromatic carbocycles. The lowest BCUT2D eigenvalue weighted by atomic mass is 9.90. The Kier molecular flexibility index (Phi) is 7.92. The molecule has 0 radical (unpaired) electrons. The molecule has 0 spiro atoms. The number of nitrogens with one attached hydrogen (secondary N) is 2. The van der Waals surface area contributed by atoms with Crippen molar-refractivity contribution in [3.63, 3.8) is 0 Å². The monoisotopic (exact) mass is 333 g/mol. The van der Waals surface area contributed by atoms with Crippen molar-refractivity contribution in [2.24, 2.45) is 5.92 Å². The first kappa shape index (κ1) is 20.2. The quantitative estimate of drug-likeness (QED) is 0.717. The van der Waals surface area contributed by atoms with E-state index in [9.17, 15) is 9.59 Å². The molecule has 1 rings (SSSR count). The summed E-state index contributed by atoms with van der Waals surface area (Å²) in [7, 11) is 3.77. The number of rotatable bonds is 8. The summed E-state index contributed by atoms with van der Waals surface area (Å²) in [4.78, 5) is 26.2. The average molecular weight is 333 g/mol. The smallest absolute Gasteiger partial charge is 0.240 e. The van der Waals surface area contributed by atoms with Gasteiger partial charge < -0.3 is 10.6 Å². The molecular weight excluding hydrogens is 302 g/mol. The lowest BCUT2D eigenvalue weighted by Gasteiger charge is -2.21. The molecule has 0 aliphatic rings. The summed E-state index contributed by atoms with van der Waals surface area (Å²) in [5.41, 5.74) is 2.23. The predicted octanol–water partition coefficient (Wildman–Crippen LogP) is 2.13. The van der Waals surface area contributed by atoms with Crippen LogP contribution in [0.15, 0.2) is 24.3 Å². The highest BCUT2D eigenvalue weighted by molar-refractivity contribution is 5.88. The molecule has 0 fully saturated rings. The number of hydrogen-bond donors (Lipinski definition) is 2. The van der Waals surface area contributed by atoms with Gasteiger partial charge in [0.15, 0.2) is 0 Å². The summed E-state index contributed by atoms with van der Waals surface area (Å²) in [6, 6.07) is 8.02. The van der Waals surface area contributed by atoms with Gasteiger partial charge in [-0.25, -0.2) is 0 Å². The van der Waals surface area contributed by atoms with Crippen LogP contribution in [0, 0.1) is 5.92 Å². The van der Waals surface area contributed by atoms with Crippen LogP contribution >= 0.6 is 0 Å². The Balaban J connectivity index is 2.64. The van der Waals surface area contributed by atoms with Crippen LogP contribution in [-0.2, 0) is 16.0 Å². The van der Waals surface area contributed by atoms with Gasteiger partial charge in [-0.05, 0) is 51.4 Å². The fourth-order valence-corrected chi connectivity index (χ4v) is 2.46. The molecular formula is C19H31N3O2. The van der Waals surface area contributed by atoms with Crippen LogP contribution in [0.2, 0.25) is 0 Å². The molecule has 134 valence electrons. The van der Waals surface area contributed by atoms with E-state index in [1.807, 2.05) is 51.0 Å². The Hall–Kier alpha value is -1.88. The predicted molar refractivity (Wildman–Crippen MR) is 97.7 cm³/mol. The van der Waals surface area contributed by atoms with Crippen LogP contribution in [-0.4, -0.2) is 43.5 Å². The van der Waals surface area contributed by atoms with Crippen molar-refractivity contribution in [3.8, 4) is 0 Å². The van der Waals surface area contributed by atoms with E-state index in [2.05, 4.69) is 30.5 Å². The van der Waals surface area contributed by atoms with Gasteiger partial charge in [-0.15, -0.1) is 0 Å². The van der Waals surface area contributed by atoms with Crippen molar-refractivity contribution in [2.45, 2.75) is 46.2 Å². The van der Waals surface area contributed by atoms with E-state index < -0.39 is 0 Å². The van der Waals surface area contributed by atoms with Gasteiger partial charge in [0.25, 0.3) is 0 Å². The van der Waals surface area contributed by atoms with Crippen molar-refractivity contribution < 1.29 is 9.59 Å². The van der Waals surface area contributed by atoms with Gasteiger partial charge in [0.1, 0.15) is 0 Å². The minimum atomic E-state index is -0.279. The van der Waals surface area contributed by atoms with E-state index in [0.717, 1.165) is 12.0 Å². The number of benzene rings is 1. The fourth-order valence-electron chi connectivity index (χ4n) is 2.46. The number of carbonyl (C=O) groups is 2. The topological polar surface area (TPSA) is 61.4 Å². The molecule has 0 heterocycles. The van der Waals surface area contributed by atoms with Gasteiger partial charge in [-0.2, -0.15) is 0 Å². The van der Waals surface area contributed by atoms with Crippen molar-refractivity contribution >= 4 is 11.8 Å². The van der Waals surface area contributed by atoms with Crippen LogP contribution in [0.5, 0.6) is 0 Å². The molecule has 0 aliphatic carbocycles. The highest BCUT2D eigenvalue weighted by atomic mass is 16.2. The summed E-state index contributed by atoms with van der Waals surface area (Å²) in [5.74, 6) is -0.0650. The number of nitrogens with zero attached hydrogens (tertiary/aromatic N) is 1. The normalized spacial score (nSPS) is 13.7. The molecule has 0 aliphatic heterocycles. The van der Waals surface area contributed by atoms with Crippen molar-refractivity contribution in [2.75, 3.05) is 20.6 Å². The van der Waals surface area contributed by atoms with Gasteiger partial charge in [0.2, 0.25) is 11.8 Å². The van der Waals surface area contributed by atoms with Crippen molar-refractivity contribution in [1.82, 2.24) is 15.5 Å². The van der Waals surface area contributed by atoms with E-state index in [0.29, 0.717) is 5.92 Å². The number of amides is 2. The van der Waals surface area contributed by atoms with E-state index in [4.69, 9.17) is 0 Å². The molecule has 0 aromatic heterocycles. The molecule has 2 amide bonds. The van der Waals surface area contributed by atoms with E-state index >= 15 is 0 Å². The molecule has 0 saturated carbocycles. The summed E-state index contributed by atoms with van der Waals surface area (Å²) in [5, 5.41) is 5.56. The zero-order valence-electron chi connectivity index (χ0n) is 15.7. The molecule has 2 atom stereocenters. The molecule has 1 aromatic rings. The van der Waals surface area contributed by atoms with Crippen molar-refractivity contribution in [1.29, 1.82) is 0 Å². The Morgan fingerprint density at radius 2 is 1.71 bits per heavy atom. The molecule has 0 saturated heterocycles. The van der Waals surface area contributed by atoms with Crippen LogP contribution in [0.4, 0.5) is 0 Å². The van der Waals surface area contributed by atoms with Crippen LogP contribution < -0.4 is 10.6 Å². The zero-order valence-corrected chi connectivity index (χ0v) is 15.7. The van der Waals surface area contributed by atoms with Crippen LogP contribution in [0.25, 0.3) is 0 Å². The van der Waals surface area contributed by atoms with Gasteiger partial charge in [-0.3, -0.25) is 14.5 Å². The average Bonchev–Trinajstić information content (AvgIpc) is 2.51. The van der Waals surface area contributed by atoms with Gasteiger partial charge >= 0.3 is 0 Å². The second kappa shape index (κ2) is 9.42. The first-order chi connectivity index (χ1) is 11.2. The summed E-state index contributed by atoms with van der Waals surface area (Å²) < 4.78 is 0. The maximum Gasteiger partial charge on any atom is 0.240 e. The van der Waals surface area contributed by atoms with E-state index in [1.54, 1.807) is 0 Å². The Morgan fingerprint density at radius 1 is 1.08 bits per heavy atom. The third-order valence-electron chi connectivity index (χ3n) is 4.11. The van der Waals surface area contributed by atoms with Crippen LogP contribution in [0.1, 0.15) is 44.7 Å². The minimum Gasteiger partial charge on any atom is -0.347 e. The minimum absolute atomic E-state index is 0.00625. The molecule has 24 heavy (non-hydrogen) atoms. The summed E-state index contributed by atoms with van der Waals surface area (Å²) >= 11 is 0. The van der Waals surface area contributed by atoms with Crippen LogP contribution in [0.3, 0.4) is 0 Å². The van der Waals surface area contributed by atoms with E-state index in [-0.39, 0.29) is 30.4 Å². The Labute approximate surface area is 145 Å². The lowest BCUT2D eigenvalue weighted by molar-refractivity contribution is -0.127. The third kappa shape index (κ3) is 6.32. The van der Waals surface area contributed by atoms with Gasteiger partial charge in [0.05, 0.1) is 18.6 Å². The SMILES string of the molecule is CC(C)Cc1ccccc1C(C)C(=O)NCC(=O)NC(C)N(C)C. The van der Waals surface area contributed by atoms with Crippen molar-refractivity contribution in [3.05, 3.63) is 35.4 Å². The molecule has 2 unspecified atom stereocenters. The van der Waals surface area contributed by atoms with E-state index in [1.165, 1.54) is 5.56 Å². The summed E-state index contributed by atoms with van der Waals surface area (Å²) in [6.45, 7) is 8.10. The maximum atomic E-state index is 12.4. The maximum absolute atomic E-state index is 12.4. The molecule has 5 nitrogen and oxygen atoms in total. The van der Waals surface area contributed by atoms with Gasteiger partial charge in [-0.1, -0.05) is 38.1 Å². The molecule has 0 bridgehead atoms. The highest BCUT2D eigenvalue weighted by Gasteiger charge is 2.19.